The number of rotatable bonds is 7. The number of fused-ring (bicyclic) bond motifs is 1. The van der Waals surface area contributed by atoms with Gasteiger partial charge in [-0.2, -0.15) is 0 Å². The number of esters is 2. The number of nitrogens with one attached hydrogen (secondary N) is 1. The van der Waals surface area contributed by atoms with Crippen LogP contribution in [0, 0.1) is 11.6 Å². The van der Waals surface area contributed by atoms with Gasteiger partial charge in [-0.3, -0.25) is 4.79 Å². The van der Waals surface area contributed by atoms with Crippen LogP contribution in [0.15, 0.2) is 36.4 Å². The minimum Gasteiger partial charge on any atom is -0.466 e. The summed E-state index contributed by atoms with van der Waals surface area (Å²) in [7, 11) is 0. The Labute approximate surface area is 171 Å². The topological polar surface area (TPSA) is 90.4 Å². The number of nitrogens with zero attached hydrogens (tertiary/aromatic N) is 2. The second-order valence-electron chi connectivity index (χ2n) is 6.20. The lowest BCUT2D eigenvalue weighted by Gasteiger charge is -2.12. The molecule has 7 nitrogen and oxygen atoms in total. The number of ether oxygens (including phenoxy) is 2. The Hall–Kier alpha value is -3.62. The van der Waals surface area contributed by atoms with Crippen molar-refractivity contribution >= 4 is 34.5 Å². The van der Waals surface area contributed by atoms with Gasteiger partial charge in [0, 0.05) is 17.8 Å². The van der Waals surface area contributed by atoms with E-state index in [-0.39, 0.29) is 41.5 Å². The molecule has 0 bridgehead atoms. The molecular formula is C21H19F2N3O4. The Bertz CT molecular complexity index is 1090. The van der Waals surface area contributed by atoms with Crippen molar-refractivity contribution in [3.63, 3.8) is 0 Å². The van der Waals surface area contributed by atoms with Crippen LogP contribution < -0.4 is 5.32 Å². The molecule has 0 fully saturated rings. The number of anilines is 2. The van der Waals surface area contributed by atoms with Crippen molar-refractivity contribution in [2.45, 2.75) is 20.3 Å². The lowest BCUT2D eigenvalue weighted by molar-refractivity contribution is -0.142. The summed E-state index contributed by atoms with van der Waals surface area (Å²) in [5, 5.41) is 2.94. The molecule has 1 N–H and O–H groups in total. The van der Waals surface area contributed by atoms with Crippen molar-refractivity contribution in [2.75, 3.05) is 18.5 Å². The van der Waals surface area contributed by atoms with E-state index in [4.69, 9.17) is 9.47 Å². The Kier molecular flexibility index (Phi) is 6.51. The van der Waals surface area contributed by atoms with Gasteiger partial charge in [0.2, 0.25) is 0 Å². The highest BCUT2D eigenvalue weighted by Gasteiger charge is 2.19. The van der Waals surface area contributed by atoms with Crippen LogP contribution in [0.3, 0.4) is 0 Å². The Morgan fingerprint density at radius 1 is 0.933 bits per heavy atom. The largest absolute Gasteiger partial charge is 0.466 e. The predicted molar refractivity (Wildman–Crippen MR) is 105 cm³/mol. The Morgan fingerprint density at radius 2 is 1.53 bits per heavy atom. The molecule has 0 atom stereocenters. The first-order chi connectivity index (χ1) is 14.4. The van der Waals surface area contributed by atoms with Crippen molar-refractivity contribution < 1.29 is 27.8 Å². The van der Waals surface area contributed by atoms with Gasteiger partial charge in [0.1, 0.15) is 0 Å². The van der Waals surface area contributed by atoms with Crippen LogP contribution in [-0.2, 0) is 20.7 Å². The third-order valence-corrected chi connectivity index (χ3v) is 4.05. The summed E-state index contributed by atoms with van der Waals surface area (Å²) in [6.07, 6.45) is 0.128. The van der Waals surface area contributed by atoms with E-state index in [1.165, 1.54) is 0 Å². The van der Waals surface area contributed by atoms with Crippen LogP contribution in [0.2, 0.25) is 0 Å². The van der Waals surface area contributed by atoms with Crippen LogP contribution in [0.4, 0.5) is 20.3 Å². The molecule has 0 saturated heterocycles. The van der Waals surface area contributed by atoms with E-state index >= 15 is 0 Å². The minimum absolute atomic E-state index is 0.0206. The normalized spacial score (nSPS) is 10.7. The molecule has 1 heterocycles. The molecule has 0 aliphatic rings. The average molecular weight is 415 g/mol. The molecule has 9 heteroatoms. The van der Waals surface area contributed by atoms with Crippen molar-refractivity contribution in [1.29, 1.82) is 0 Å². The molecule has 0 saturated carbocycles. The molecule has 0 amide bonds. The molecule has 0 radical (unpaired) electrons. The van der Waals surface area contributed by atoms with Gasteiger partial charge in [-0.25, -0.2) is 23.5 Å². The fraction of sp³-hybridized carbons (Fsp3) is 0.238. The number of aromatic nitrogens is 2. The van der Waals surface area contributed by atoms with Gasteiger partial charge in [0.25, 0.3) is 0 Å². The SMILES string of the molecule is CCOC(=O)Cc1ccc(Nc2nc3cc(F)c(F)cc3nc2C(=O)OCC)cc1. The molecule has 0 unspecified atom stereocenters. The van der Waals surface area contributed by atoms with E-state index < -0.39 is 17.6 Å². The molecule has 0 spiro atoms. The number of benzene rings is 2. The Balaban J connectivity index is 1.93. The Morgan fingerprint density at radius 3 is 2.13 bits per heavy atom. The van der Waals surface area contributed by atoms with E-state index in [2.05, 4.69) is 15.3 Å². The van der Waals surface area contributed by atoms with Gasteiger partial charge in [0.05, 0.1) is 30.7 Å². The average Bonchev–Trinajstić information content (AvgIpc) is 2.70. The van der Waals surface area contributed by atoms with E-state index in [9.17, 15) is 18.4 Å². The van der Waals surface area contributed by atoms with E-state index in [0.717, 1.165) is 17.7 Å². The maximum atomic E-state index is 13.6. The molecule has 0 aliphatic heterocycles. The predicted octanol–water partition coefficient (Wildman–Crippen LogP) is 3.93. The monoisotopic (exact) mass is 415 g/mol. The molecule has 2 aromatic carbocycles. The molecule has 1 aromatic heterocycles. The highest BCUT2D eigenvalue weighted by molar-refractivity contribution is 5.96. The third kappa shape index (κ3) is 4.86. The fourth-order valence-corrected chi connectivity index (χ4v) is 2.70. The standard InChI is InChI=1S/C21H19F2N3O4/c1-3-29-18(27)9-12-5-7-13(8-6-12)24-20-19(21(28)30-4-2)25-16-10-14(22)15(23)11-17(16)26-20/h5-8,10-11H,3-4,9H2,1-2H3,(H,24,26). The number of hydrogen-bond donors (Lipinski definition) is 1. The number of carbonyl (C=O) groups is 2. The van der Waals surface area contributed by atoms with Crippen molar-refractivity contribution in [3.8, 4) is 0 Å². The quantitative estimate of drug-likeness (QED) is 0.585. The highest BCUT2D eigenvalue weighted by atomic mass is 19.2. The maximum Gasteiger partial charge on any atom is 0.360 e. The zero-order valence-corrected chi connectivity index (χ0v) is 16.4. The highest BCUT2D eigenvalue weighted by Crippen LogP contribution is 2.24. The van der Waals surface area contributed by atoms with Crippen molar-refractivity contribution in [2.24, 2.45) is 0 Å². The first kappa shape index (κ1) is 21.1. The van der Waals surface area contributed by atoms with Crippen molar-refractivity contribution in [3.05, 3.63) is 59.3 Å². The third-order valence-electron chi connectivity index (χ3n) is 4.05. The van der Waals surface area contributed by atoms with Gasteiger partial charge in [0.15, 0.2) is 23.1 Å². The van der Waals surface area contributed by atoms with Crippen LogP contribution in [0.25, 0.3) is 11.0 Å². The van der Waals surface area contributed by atoms with Gasteiger partial charge in [-0.05, 0) is 31.5 Å². The first-order valence-electron chi connectivity index (χ1n) is 9.26. The van der Waals surface area contributed by atoms with E-state index in [1.807, 2.05) is 0 Å². The smallest absolute Gasteiger partial charge is 0.360 e. The van der Waals surface area contributed by atoms with Crippen LogP contribution >= 0.6 is 0 Å². The number of hydrogen-bond acceptors (Lipinski definition) is 7. The number of carbonyl (C=O) groups excluding carboxylic acids is 2. The first-order valence-corrected chi connectivity index (χ1v) is 9.26. The summed E-state index contributed by atoms with van der Waals surface area (Å²) in [6.45, 7) is 3.78. The van der Waals surface area contributed by atoms with Crippen LogP contribution in [-0.4, -0.2) is 35.1 Å². The van der Waals surface area contributed by atoms with Gasteiger partial charge >= 0.3 is 11.9 Å². The molecule has 3 rings (SSSR count). The summed E-state index contributed by atoms with van der Waals surface area (Å²) in [5.41, 5.74) is 1.22. The zero-order chi connectivity index (χ0) is 21.7. The molecule has 30 heavy (non-hydrogen) atoms. The number of halogens is 2. The molecular weight excluding hydrogens is 396 g/mol. The molecule has 0 aliphatic carbocycles. The molecule has 3 aromatic rings. The van der Waals surface area contributed by atoms with E-state index in [0.29, 0.717) is 12.3 Å². The van der Waals surface area contributed by atoms with Gasteiger partial charge in [-0.1, -0.05) is 12.1 Å². The van der Waals surface area contributed by atoms with Gasteiger partial charge < -0.3 is 14.8 Å². The second kappa shape index (κ2) is 9.25. The summed E-state index contributed by atoms with van der Waals surface area (Å²) in [4.78, 5) is 32.2. The lowest BCUT2D eigenvalue weighted by atomic mass is 10.1. The zero-order valence-electron chi connectivity index (χ0n) is 16.4. The van der Waals surface area contributed by atoms with Crippen molar-refractivity contribution in [1.82, 2.24) is 9.97 Å². The summed E-state index contributed by atoms with van der Waals surface area (Å²) in [6, 6.07) is 8.56. The summed E-state index contributed by atoms with van der Waals surface area (Å²) in [5.74, 6) is -3.22. The lowest BCUT2D eigenvalue weighted by Crippen LogP contribution is -2.12. The summed E-state index contributed by atoms with van der Waals surface area (Å²) < 4.78 is 37.1. The maximum absolute atomic E-state index is 13.6. The fourth-order valence-electron chi connectivity index (χ4n) is 2.70. The van der Waals surface area contributed by atoms with Crippen LogP contribution in [0.5, 0.6) is 0 Å². The van der Waals surface area contributed by atoms with Crippen LogP contribution in [0.1, 0.15) is 29.9 Å². The minimum atomic E-state index is -1.09. The molecule has 156 valence electrons. The second-order valence-corrected chi connectivity index (χ2v) is 6.20. The van der Waals surface area contributed by atoms with E-state index in [1.54, 1.807) is 38.1 Å². The van der Waals surface area contributed by atoms with Gasteiger partial charge in [-0.15, -0.1) is 0 Å². The summed E-state index contributed by atoms with van der Waals surface area (Å²) >= 11 is 0.